The monoisotopic (exact) mass is 346 g/mol. The minimum absolute atomic E-state index is 0.0258. The van der Waals surface area contributed by atoms with Gasteiger partial charge in [-0.25, -0.2) is 4.68 Å². The standard InChI is InChI=1S/C17H26N6O2/c1-13(2)23-16(5-7-19-23)20-17(24)14(3)21-9-10-25-15(11-21)12-22-8-4-6-18-22/h4-8,13-15H,9-12H2,1-3H3,(H,20,24)/t14-,15+/m0/s1. The lowest BCUT2D eigenvalue weighted by atomic mass is 10.2. The molecule has 0 bridgehead atoms. The first-order chi connectivity index (χ1) is 12.0. The summed E-state index contributed by atoms with van der Waals surface area (Å²) in [5, 5.41) is 11.5. The summed E-state index contributed by atoms with van der Waals surface area (Å²) >= 11 is 0. The van der Waals surface area contributed by atoms with E-state index in [1.54, 1.807) is 12.4 Å². The van der Waals surface area contributed by atoms with E-state index < -0.39 is 0 Å². The highest BCUT2D eigenvalue weighted by molar-refractivity contribution is 5.93. The lowest BCUT2D eigenvalue weighted by Crippen LogP contribution is -2.51. The molecule has 136 valence electrons. The van der Waals surface area contributed by atoms with E-state index in [2.05, 4.69) is 20.4 Å². The van der Waals surface area contributed by atoms with E-state index in [9.17, 15) is 4.79 Å². The second kappa shape index (κ2) is 7.79. The third-order valence-corrected chi connectivity index (χ3v) is 4.46. The van der Waals surface area contributed by atoms with E-state index in [-0.39, 0.29) is 24.1 Å². The molecule has 3 rings (SSSR count). The van der Waals surface area contributed by atoms with Crippen molar-refractivity contribution in [1.29, 1.82) is 0 Å². The van der Waals surface area contributed by atoms with Crippen LogP contribution >= 0.6 is 0 Å². The molecule has 3 heterocycles. The number of hydrogen-bond donors (Lipinski definition) is 1. The Bertz CT molecular complexity index is 681. The van der Waals surface area contributed by atoms with Gasteiger partial charge >= 0.3 is 0 Å². The number of anilines is 1. The summed E-state index contributed by atoms with van der Waals surface area (Å²) in [6, 6.07) is 3.68. The second-order valence-electron chi connectivity index (χ2n) is 6.64. The number of morpholine rings is 1. The summed E-state index contributed by atoms with van der Waals surface area (Å²) in [5.74, 6) is 0.704. The highest BCUT2D eigenvalue weighted by Crippen LogP contribution is 2.16. The van der Waals surface area contributed by atoms with Gasteiger partial charge in [0.2, 0.25) is 5.91 Å². The van der Waals surface area contributed by atoms with Crippen LogP contribution in [0.15, 0.2) is 30.7 Å². The Labute approximate surface area is 147 Å². The smallest absolute Gasteiger partial charge is 0.242 e. The van der Waals surface area contributed by atoms with Crippen LogP contribution in [0.5, 0.6) is 0 Å². The van der Waals surface area contributed by atoms with Gasteiger partial charge in [-0.1, -0.05) is 0 Å². The van der Waals surface area contributed by atoms with Gasteiger partial charge in [-0.2, -0.15) is 10.2 Å². The number of rotatable bonds is 6. The molecule has 0 spiro atoms. The number of carbonyl (C=O) groups excluding carboxylic acids is 1. The average molecular weight is 346 g/mol. The molecule has 1 fully saturated rings. The van der Waals surface area contributed by atoms with Gasteiger partial charge in [-0.3, -0.25) is 14.4 Å². The van der Waals surface area contributed by atoms with Crippen LogP contribution < -0.4 is 5.32 Å². The fourth-order valence-corrected chi connectivity index (χ4v) is 3.04. The van der Waals surface area contributed by atoms with Crippen molar-refractivity contribution in [2.75, 3.05) is 25.0 Å². The van der Waals surface area contributed by atoms with Crippen molar-refractivity contribution in [3.05, 3.63) is 30.7 Å². The average Bonchev–Trinajstić information content (AvgIpc) is 3.26. The largest absolute Gasteiger partial charge is 0.374 e. The molecule has 1 N–H and O–H groups in total. The van der Waals surface area contributed by atoms with Crippen LogP contribution in [0.2, 0.25) is 0 Å². The third kappa shape index (κ3) is 4.26. The molecule has 2 aromatic heterocycles. The zero-order valence-corrected chi connectivity index (χ0v) is 15.0. The lowest BCUT2D eigenvalue weighted by Gasteiger charge is -2.36. The minimum Gasteiger partial charge on any atom is -0.374 e. The highest BCUT2D eigenvalue weighted by Gasteiger charge is 2.28. The van der Waals surface area contributed by atoms with Crippen molar-refractivity contribution < 1.29 is 9.53 Å². The van der Waals surface area contributed by atoms with Crippen LogP contribution in [0.25, 0.3) is 0 Å². The number of ether oxygens (including phenoxy) is 1. The van der Waals surface area contributed by atoms with E-state index in [1.807, 2.05) is 48.5 Å². The minimum atomic E-state index is -0.237. The molecule has 0 aliphatic carbocycles. The van der Waals surface area contributed by atoms with Gasteiger partial charge in [0, 0.05) is 37.6 Å². The van der Waals surface area contributed by atoms with Crippen molar-refractivity contribution in [2.45, 2.75) is 45.5 Å². The summed E-state index contributed by atoms with van der Waals surface area (Å²) in [6.07, 6.45) is 5.42. The first kappa shape index (κ1) is 17.6. The van der Waals surface area contributed by atoms with Crippen molar-refractivity contribution >= 4 is 11.7 Å². The molecule has 0 unspecified atom stereocenters. The van der Waals surface area contributed by atoms with E-state index in [1.165, 1.54) is 0 Å². The maximum Gasteiger partial charge on any atom is 0.242 e. The molecule has 1 aliphatic rings. The fraction of sp³-hybridized carbons (Fsp3) is 0.588. The molecule has 1 amide bonds. The summed E-state index contributed by atoms with van der Waals surface area (Å²) < 4.78 is 9.49. The van der Waals surface area contributed by atoms with Crippen molar-refractivity contribution in [3.8, 4) is 0 Å². The Morgan fingerprint density at radius 2 is 2.20 bits per heavy atom. The summed E-state index contributed by atoms with van der Waals surface area (Å²) in [4.78, 5) is 14.8. The van der Waals surface area contributed by atoms with Crippen LogP contribution in [0.4, 0.5) is 5.82 Å². The van der Waals surface area contributed by atoms with Crippen LogP contribution in [-0.2, 0) is 16.1 Å². The number of amides is 1. The molecule has 8 nitrogen and oxygen atoms in total. The van der Waals surface area contributed by atoms with Gasteiger partial charge in [0.05, 0.1) is 31.5 Å². The van der Waals surface area contributed by atoms with Crippen molar-refractivity contribution in [3.63, 3.8) is 0 Å². The Kier molecular flexibility index (Phi) is 5.50. The maximum atomic E-state index is 12.7. The van der Waals surface area contributed by atoms with Gasteiger partial charge in [0.25, 0.3) is 0 Å². The first-order valence-electron chi connectivity index (χ1n) is 8.72. The number of carbonyl (C=O) groups is 1. The summed E-state index contributed by atoms with van der Waals surface area (Å²) in [7, 11) is 0. The number of nitrogens with zero attached hydrogens (tertiary/aromatic N) is 5. The van der Waals surface area contributed by atoms with E-state index in [4.69, 9.17) is 4.74 Å². The molecular formula is C17H26N6O2. The molecule has 0 radical (unpaired) electrons. The molecular weight excluding hydrogens is 320 g/mol. The van der Waals surface area contributed by atoms with Crippen LogP contribution in [-0.4, -0.2) is 62.2 Å². The Balaban J connectivity index is 1.58. The zero-order chi connectivity index (χ0) is 17.8. The maximum absolute atomic E-state index is 12.7. The number of nitrogens with one attached hydrogen (secondary N) is 1. The quantitative estimate of drug-likeness (QED) is 0.855. The van der Waals surface area contributed by atoms with Gasteiger partial charge in [0.1, 0.15) is 5.82 Å². The highest BCUT2D eigenvalue weighted by atomic mass is 16.5. The number of hydrogen-bond acceptors (Lipinski definition) is 5. The Hall–Kier alpha value is -2.19. The van der Waals surface area contributed by atoms with Gasteiger partial charge in [-0.05, 0) is 26.8 Å². The normalized spacial score (nSPS) is 19.9. The SMILES string of the molecule is CC(C)n1nccc1NC(=O)[C@H](C)N1CCO[C@@H](Cn2cccn2)C1. The molecule has 1 aliphatic heterocycles. The zero-order valence-electron chi connectivity index (χ0n) is 15.0. The fourth-order valence-electron chi connectivity index (χ4n) is 3.04. The lowest BCUT2D eigenvalue weighted by molar-refractivity contribution is -0.124. The Morgan fingerprint density at radius 1 is 1.36 bits per heavy atom. The van der Waals surface area contributed by atoms with E-state index in [0.29, 0.717) is 19.7 Å². The number of aromatic nitrogens is 4. The third-order valence-electron chi connectivity index (χ3n) is 4.46. The van der Waals surface area contributed by atoms with Crippen molar-refractivity contribution in [2.24, 2.45) is 0 Å². The molecule has 2 atom stereocenters. The van der Waals surface area contributed by atoms with Crippen LogP contribution in [0.3, 0.4) is 0 Å². The Morgan fingerprint density at radius 3 is 2.92 bits per heavy atom. The topological polar surface area (TPSA) is 77.2 Å². The van der Waals surface area contributed by atoms with E-state index >= 15 is 0 Å². The van der Waals surface area contributed by atoms with Gasteiger partial charge in [0.15, 0.2) is 0 Å². The molecule has 0 saturated carbocycles. The molecule has 0 aromatic carbocycles. The van der Waals surface area contributed by atoms with Gasteiger partial charge < -0.3 is 10.1 Å². The van der Waals surface area contributed by atoms with Crippen LogP contribution in [0, 0.1) is 0 Å². The second-order valence-corrected chi connectivity index (χ2v) is 6.64. The van der Waals surface area contributed by atoms with Crippen molar-refractivity contribution in [1.82, 2.24) is 24.5 Å². The predicted molar refractivity (Wildman–Crippen MR) is 94.2 cm³/mol. The molecule has 25 heavy (non-hydrogen) atoms. The van der Waals surface area contributed by atoms with Gasteiger partial charge in [-0.15, -0.1) is 0 Å². The predicted octanol–water partition coefficient (Wildman–Crippen LogP) is 1.39. The van der Waals surface area contributed by atoms with Crippen LogP contribution in [0.1, 0.15) is 26.8 Å². The summed E-state index contributed by atoms with van der Waals surface area (Å²) in [5.41, 5.74) is 0. The molecule has 1 saturated heterocycles. The van der Waals surface area contributed by atoms with E-state index in [0.717, 1.165) is 12.4 Å². The first-order valence-corrected chi connectivity index (χ1v) is 8.72. The molecule has 2 aromatic rings. The summed E-state index contributed by atoms with van der Waals surface area (Å²) in [6.45, 7) is 8.76. The molecule has 8 heteroatoms.